The van der Waals surface area contributed by atoms with Crippen LogP contribution < -0.4 is 0 Å². The third-order valence-electron chi connectivity index (χ3n) is 3.76. The number of rotatable bonds is 0. The van der Waals surface area contributed by atoms with Gasteiger partial charge in [-0.1, -0.05) is 30.4 Å². The van der Waals surface area contributed by atoms with Crippen molar-refractivity contribution in [3.63, 3.8) is 0 Å². The molecule has 0 amide bonds. The number of carbonyl (C=O) groups excluding carboxylic acids is 1. The van der Waals surface area contributed by atoms with E-state index in [0.29, 0.717) is 22.4 Å². The summed E-state index contributed by atoms with van der Waals surface area (Å²) in [6, 6.07) is 7.50. The highest BCUT2D eigenvalue weighted by molar-refractivity contribution is 6.48. The average molecular weight is 281 g/mol. The highest BCUT2D eigenvalue weighted by atomic mass is 35.5. The molecule has 3 nitrogen and oxygen atoms in total. The quantitative estimate of drug-likeness (QED) is 0.752. The number of hydrogen-bond acceptors (Lipinski definition) is 3. The summed E-state index contributed by atoms with van der Waals surface area (Å²) in [5, 5.41) is 9.45. The summed E-state index contributed by atoms with van der Waals surface area (Å²) in [7, 11) is 0. The number of ketones is 1. The van der Waals surface area contributed by atoms with Gasteiger partial charge in [0.05, 0.1) is 16.8 Å². The zero-order chi connectivity index (χ0) is 13.9. The normalized spacial score (nSPS) is 20.6. The number of benzene rings is 1. The van der Waals surface area contributed by atoms with Gasteiger partial charge >= 0.3 is 0 Å². The van der Waals surface area contributed by atoms with Crippen LogP contribution in [0.15, 0.2) is 48.2 Å². The van der Waals surface area contributed by atoms with Gasteiger partial charge in [0, 0.05) is 28.3 Å². The van der Waals surface area contributed by atoms with Crippen molar-refractivity contribution in [1.29, 1.82) is 5.41 Å². The highest BCUT2D eigenvalue weighted by Crippen LogP contribution is 2.38. The van der Waals surface area contributed by atoms with E-state index in [4.69, 9.17) is 17.0 Å². The number of alkyl halides is 1. The van der Waals surface area contributed by atoms with Gasteiger partial charge in [0.25, 0.3) is 0 Å². The minimum absolute atomic E-state index is 0.0596. The number of nitrogens with zero attached hydrogens (tertiary/aromatic N) is 1. The van der Waals surface area contributed by atoms with Gasteiger partial charge in [-0.25, -0.2) is 0 Å². The first-order valence-electron chi connectivity index (χ1n) is 6.26. The molecule has 1 unspecified atom stereocenters. The lowest BCUT2D eigenvalue weighted by atomic mass is 9.81. The van der Waals surface area contributed by atoms with Crippen LogP contribution in [0.1, 0.15) is 16.1 Å². The summed E-state index contributed by atoms with van der Waals surface area (Å²) < 4.78 is 0. The number of allylic oxidation sites excluding steroid dienone is 4. The summed E-state index contributed by atoms with van der Waals surface area (Å²) in [5.74, 6) is -0.0596. The van der Waals surface area contributed by atoms with Crippen molar-refractivity contribution in [3.8, 4) is 0 Å². The Morgan fingerprint density at radius 2 is 2.10 bits per heavy atom. The zero-order valence-electron chi connectivity index (χ0n) is 10.4. The summed E-state index contributed by atoms with van der Waals surface area (Å²) in [4.78, 5) is 17.0. The minimum atomic E-state index is -0.510. The van der Waals surface area contributed by atoms with Gasteiger partial charge in [-0.2, -0.15) is 0 Å². The summed E-state index contributed by atoms with van der Waals surface area (Å²) in [5.41, 5.74) is 2.67. The van der Waals surface area contributed by atoms with E-state index in [0.717, 1.165) is 10.8 Å². The molecule has 0 radical (unpaired) electrons. The smallest absolute Gasteiger partial charge is 0.194 e. The lowest BCUT2D eigenvalue weighted by Crippen LogP contribution is -2.24. The number of carbonyl (C=O) groups is 1. The van der Waals surface area contributed by atoms with E-state index in [-0.39, 0.29) is 11.5 Å². The molecular weight excluding hydrogens is 272 g/mol. The van der Waals surface area contributed by atoms with Crippen molar-refractivity contribution in [3.05, 3.63) is 59.4 Å². The molecular formula is C16H9ClN2O. The maximum Gasteiger partial charge on any atom is 0.194 e. The first-order chi connectivity index (χ1) is 9.68. The highest BCUT2D eigenvalue weighted by Gasteiger charge is 2.33. The van der Waals surface area contributed by atoms with Gasteiger partial charge in [0.2, 0.25) is 0 Å². The van der Waals surface area contributed by atoms with Gasteiger partial charge in [-0.15, -0.1) is 11.6 Å². The fourth-order valence-electron chi connectivity index (χ4n) is 2.84. The second kappa shape index (κ2) is 3.87. The third-order valence-corrected chi connectivity index (χ3v) is 4.13. The number of nitrogens with one attached hydrogen (secondary N) is 1. The largest absolute Gasteiger partial charge is 0.303 e. The number of hydrogen-bond donors (Lipinski definition) is 1. The Labute approximate surface area is 120 Å². The molecule has 4 heteroatoms. The molecule has 0 aliphatic heterocycles. The van der Waals surface area contributed by atoms with E-state index >= 15 is 0 Å². The second-order valence-electron chi connectivity index (χ2n) is 4.86. The van der Waals surface area contributed by atoms with Crippen molar-refractivity contribution in [2.75, 3.05) is 0 Å². The predicted molar refractivity (Wildman–Crippen MR) is 79.5 cm³/mol. The Balaban J connectivity index is 2.18. The second-order valence-corrected chi connectivity index (χ2v) is 5.33. The Kier molecular flexibility index (Phi) is 2.24. The standard InChI is InChI=1S/C16H9ClN2O/c17-11-5-4-10-13(14(11)18)15-12-8(6-7-19-15)2-1-3-9(12)16(10)20/h1-7,11,18H. The molecule has 0 spiro atoms. The van der Waals surface area contributed by atoms with Crippen LogP contribution in [-0.2, 0) is 0 Å². The Morgan fingerprint density at radius 3 is 2.95 bits per heavy atom. The van der Waals surface area contributed by atoms with Gasteiger partial charge in [-0.3, -0.25) is 9.78 Å². The topological polar surface area (TPSA) is 53.8 Å². The fraction of sp³-hybridized carbons (Fsp3) is 0.0625. The van der Waals surface area contributed by atoms with Crippen LogP contribution in [0.4, 0.5) is 0 Å². The Morgan fingerprint density at radius 1 is 1.25 bits per heavy atom. The summed E-state index contributed by atoms with van der Waals surface area (Å²) >= 11 is 6.11. The predicted octanol–water partition coefficient (Wildman–Crippen LogP) is 3.38. The van der Waals surface area contributed by atoms with Gasteiger partial charge in [-0.05, 0) is 11.5 Å². The molecule has 0 saturated carbocycles. The number of Topliss-reactive ketones (excluding diaryl/α,β-unsaturated/α-hetero) is 1. The van der Waals surface area contributed by atoms with Gasteiger partial charge in [0.15, 0.2) is 5.78 Å². The molecule has 0 bridgehead atoms. The molecule has 2 aliphatic rings. The van der Waals surface area contributed by atoms with Crippen LogP contribution in [0, 0.1) is 5.41 Å². The average Bonchev–Trinajstić information content (AvgIpc) is 2.47. The van der Waals surface area contributed by atoms with Crippen LogP contribution in [0.25, 0.3) is 16.3 Å². The molecule has 4 rings (SSSR count). The molecule has 0 fully saturated rings. The van der Waals surface area contributed by atoms with Crippen molar-refractivity contribution in [1.82, 2.24) is 4.98 Å². The molecule has 2 aliphatic carbocycles. The number of pyridine rings is 1. The van der Waals surface area contributed by atoms with E-state index in [9.17, 15) is 4.79 Å². The maximum absolute atomic E-state index is 12.6. The lowest BCUT2D eigenvalue weighted by molar-refractivity contribution is 0.103. The first-order valence-corrected chi connectivity index (χ1v) is 6.70. The molecule has 96 valence electrons. The van der Waals surface area contributed by atoms with Crippen molar-refractivity contribution < 1.29 is 4.79 Å². The van der Waals surface area contributed by atoms with Gasteiger partial charge < -0.3 is 5.41 Å². The number of halogens is 1. The van der Waals surface area contributed by atoms with E-state index in [1.807, 2.05) is 24.3 Å². The monoisotopic (exact) mass is 280 g/mol. The van der Waals surface area contributed by atoms with E-state index in [2.05, 4.69) is 4.98 Å². The summed E-state index contributed by atoms with van der Waals surface area (Å²) in [6.45, 7) is 0. The van der Waals surface area contributed by atoms with Crippen LogP contribution in [-0.4, -0.2) is 21.9 Å². The molecule has 2 aromatic rings. The van der Waals surface area contributed by atoms with Crippen LogP contribution in [0.3, 0.4) is 0 Å². The van der Waals surface area contributed by atoms with E-state index in [1.165, 1.54) is 0 Å². The van der Waals surface area contributed by atoms with Crippen LogP contribution in [0.2, 0.25) is 0 Å². The van der Waals surface area contributed by atoms with Crippen molar-refractivity contribution >= 4 is 39.4 Å². The maximum atomic E-state index is 12.6. The number of aromatic nitrogens is 1. The minimum Gasteiger partial charge on any atom is -0.303 e. The Bertz CT molecular complexity index is 859. The van der Waals surface area contributed by atoms with Crippen molar-refractivity contribution in [2.24, 2.45) is 0 Å². The summed E-state index contributed by atoms with van der Waals surface area (Å²) in [6.07, 6.45) is 5.09. The SMILES string of the molecule is N=C1C2=C(C=CC1Cl)C(=O)c1cccc3ccnc2c13. The lowest BCUT2D eigenvalue weighted by Gasteiger charge is -2.25. The van der Waals surface area contributed by atoms with Crippen LogP contribution >= 0.6 is 11.6 Å². The van der Waals surface area contributed by atoms with E-state index in [1.54, 1.807) is 18.3 Å². The molecule has 20 heavy (non-hydrogen) atoms. The zero-order valence-corrected chi connectivity index (χ0v) is 11.1. The molecule has 1 aromatic heterocycles. The molecule has 1 aromatic carbocycles. The van der Waals surface area contributed by atoms with Gasteiger partial charge in [0.1, 0.15) is 0 Å². The number of fused-ring (bicyclic) bond motifs is 1. The molecule has 1 N–H and O–H groups in total. The Hall–Kier alpha value is -2.26. The van der Waals surface area contributed by atoms with E-state index < -0.39 is 5.38 Å². The fourth-order valence-corrected chi connectivity index (χ4v) is 3.02. The van der Waals surface area contributed by atoms with Crippen LogP contribution in [0.5, 0.6) is 0 Å². The molecule has 1 atom stereocenters. The molecule has 0 saturated heterocycles. The first kappa shape index (κ1) is 11.6. The molecule has 1 heterocycles. The third kappa shape index (κ3) is 1.33. The van der Waals surface area contributed by atoms with Crippen molar-refractivity contribution in [2.45, 2.75) is 5.38 Å².